The van der Waals surface area contributed by atoms with Crippen LogP contribution in [0.1, 0.15) is 20.7 Å². The van der Waals surface area contributed by atoms with E-state index in [4.69, 9.17) is 11.6 Å². The lowest BCUT2D eigenvalue weighted by atomic mass is 10.1. The number of hydrogen-bond donors (Lipinski definition) is 3. The summed E-state index contributed by atoms with van der Waals surface area (Å²) >= 11 is 6.09. The highest BCUT2D eigenvalue weighted by Crippen LogP contribution is 2.27. The summed E-state index contributed by atoms with van der Waals surface area (Å²) in [7, 11) is -2.59. The van der Waals surface area contributed by atoms with Crippen LogP contribution in [0.15, 0.2) is 71.6 Å². The van der Waals surface area contributed by atoms with E-state index in [1.807, 2.05) is 0 Å². The molecule has 2 amide bonds. The normalized spacial score (nSPS) is 10.9. The molecule has 0 saturated carbocycles. The summed E-state index contributed by atoms with van der Waals surface area (Å²) in [5.41, 5.74) is 0.630. The van der Waals surface area contributed by atoms with Crippen LogP contribution in [0, 0.1) is 5.82 Å². The minimum atomic E-state index is -4.06. The zero-order chi connectivity index (χ0) is 22.6. The summed E-state index contributed by atoms with van der Waals surface area (Å²) in [5.74, 6) is -1.53. The largest absolute Gasteiger partial charge is 0.355 e. The Morgan fingerprint density at radius 2 is 1.58 bits per heavy atom. The van der Waals surface area contributed by atoms with Gasteiger partial charge in [0.25, 0.3) is 21.8 Å². The molecule has 0 atom stereocenters. The number of benzene rings is 3. The first-order valence-corrected chi connectivity index (χ1v) is 10.8. The predicted molar refractivity (Wildman–Crippen MR) is 116 cm³/mol. The third kappa shape index (κ3) is 5.19. The number of hydrogen-bond acceptors (Lipinski definition) is 4. The van der Waals surface area contributed by atoms with Crippen molar-refractivity contribution in [3.8, 4) is 0 Å². The maximum absolute atomic E-state index is 13.1. The number of anilines is 2. The first kappa shape index (κ1) is 22.3. The SMILES string of the molecule is CNC(=O)c1ccccc1NC(=O)c1ccc(Cl)c(NS(=O)(=O)c2ccc(F)cc2)c1. The molecule has 0 heterocycles. The molecule has 3 rings (SSSR count). The van der Waals surface area contributed by atoms with E-state index < -0.39 is 21.7 Å². The standard InChI is InChI=1S/C21H17ClFN3O4S/c1-24-21(28)16-4-2-3-5-18(16)25-20(27)13-6-11-17(22)19(12-13)26-31(29,30)15-9-7-14(23)8-10-15/h2-12,26H,1H3,(H,24,28)(H,25,27). The molecule has 0 aliphatic carbocycles. The van der Waals surface area contributed by atoms with E-state index in [0.29, 0.717) is 0 Å². The zero-order valence-corrected chi connectivity index (χ0v) is 17.7. The minimum Gasteiger partial charge on any atom is -0.355 e. The molecule has 0 unspecified atom stereocenters. The van der Waals surface area contributed by atoms with E-state index in [2.05, 4.69) is 15.4 Å². The molecule has 0 bridgehead atoms. The maximum Gasteiger partial charge on any atom is 0.261 e. The third-order valence-corrected chi connectivity index (χ3v) is 5.95. The molecule has 3 aromatic carbocycles. The molecule has 31 heavy (non-hydrogen) atoms. The van der Waals surface area contributed by atoms with Gasteiger partial charge < -0.3 is 10.6 Å². The topological polar surface area (TPSA) is 104 Å². The van der Waals surface area contributed by atoms with Crippen molar-refractivity contribution in [1.29, 1.82) is 0 Å². The Bertz CT molecular complexity index is 1250. The van der Waals surface area contributed by atoms with Crippen LogP contribution < -0.4 is 15.4 Å². The van der Waals surface area contributed by atoms with E-state index in [1.165, 1.54) is 25.2 Å². The van der Waals surface area contributed by atoms with Gasteiger partial charge in [-0.1, -0.05) is 23.7 Å². The van der Waals surface area contributed by atoms with Crippen LogP contribution >= 0.6 is 11.6 Å². The second kappa shape index (κ2) is 9.15. The molecule has 0 saturated heterocycles. The molecule has 0 aliphatic heterocycles. The van der Waals surface area contributed by atoms with Crippen molar-refractivity contribution in [3.05, 3.63) is 88.7 Å². The summed E-state index contributed by atoms with van der Waals surface area (Å²) < 4.78 is 40.5. The molecular weight excluding hydrogens is 445 g/mol. The first-order valence-electron chi connectivity index (χ1n) is 8.91. The fraction of sp³-hybridized carbons (Fsp3) is 0.0476. The van der Waals surface area contributed by atoms with E-state index in [1.54, 1.807) is 24.3 Å². The van der Waals surface area contributed by atoms with Crippen LogP contribution in [0.25, 0.3) is 0 Å². The Labute approximate surface area is 183 Å². The zero-order valence-electron chi connectivity index (χ0n) is 16.1. The van der Waals surface area contributed by atoms with Gasteiger partial charge in [0.05, 0.1) is 26.9 Å². The van der Waals surface area contributed by atoms with Gasteiger partial charge in [0.2, 0.25) is 0 Å². The molecule has 0 spiro atoms. The smallest absolute Gasteiger partial charge is 0.261 e. The summed E-state index contributed by atoms with van der Waals surface area (Å²) in [6, 6.07) is 14.7. The van der Waals surface area contributed by atoms with Gasteiger partial charge in [-0.05, 0) is 54.6 Å². The highest BCUT2D eigenvalue weighted by Gasteiger charge is 2.18. The van der Waals surface area contributed by atoms with Gasteiger partial charge in [-0.25, -0.2) is 12.8 Å². The van der Waals surface area contributed by atoms with Gasteiger partial charge in [-0.15, -0.1) is 0 Å². The van der Waals surface area contributed by atoms with Crippen LogP contribution in [-0.2, 0) is 10.0 Å². The van der Waals surface area contributed by atoms with Crippen LogP contribution in [0.2, 0.25) is 5.02 Å². The molecule has 0 aliphatic rings. The third-order valence-electron chi connectivity index (χ3n) is 4.24. The summed E-state index contributed by atoms with van der Waals surface area (Å²) in [4.78, 5) is 24.5. The number of sulfonamides is 1. The summed E-state index contributed by atoms with van der Waals surface area (Å²) in [6.45, 7) is 0. The van der Waals surface area contributed by atoms with Crippen molar-refractivity contribution < 1.29 is 22.4 Å². The Morgan fingerprint density at radius 3 is 2.26 bits per heavy atom. The number of carbonyl (C=O) groups excluding carboxylic acids is 2. The molecule has 0 radical (unpaired) electrons. The van der Waals surface area contributed by atoms with Crippen molar-refractivity contribution in [2.45, 2.75) is 4.90 Å². The average Bonchev–Trinajstić information content (AvgIpc) is 2.75. The highest BCUT2D eigenvalue weighted by atomic mass is 35.5. The van der Waals surface area contributed by atoms with E-state index >= 15 is 0 Å². The number of halogens is 2. The van der Waals surface area contributed by atoms with Crippen molar-refractivity contribution in [2.75, 3.05) is 17.1 Å². The Kier molecular flexibility index (Phi) is 6.57. The van der Waals surface area contributed by atoms with Crippen LogP contribution in [0.5, 0.6) is 0 Å². The number of carbonyl (C=O) groups is 2. The molecular formula is C21H17ClFN3O4S. The monoisotopic (exact) mass is 461 g/mol. The molecule has 160 valence electrons. The molecule has 0 aromatic heterocycles. The lowest BCUT2D eigenvalue weighted by Gasteiger charge is -2.13. The maximum atomic E-state index is 13.1. The van der Waals surface area contributed by atoms with Crippen LogP contribution in [0.4, 0.5) is 15.8 Å². The summed E-state index contributed by atoms with van der Waals surface area (Å²) in [6.07, 6.45) is 0. The van der Waals surface area contributed by atoms with Gasteiger partial charge in [0, 0.05) is 12.6 Å². The van der Waals surface area contributed by atoms with Gasteiger partial charge in [-0.3, -0.25) is 14.3 Å². The Morgan fingerprint density at radius 1 is 0.903 bits per heavy atom. The second-order valence-corrected chi connectivity index (χ2v) is 8.42. The number of para-hydroxylation sites is 1. The van der Waals surface area contributed by atoms with Gasteiger partial charge in [-0.2, -0.15) is 0 Å². The number of amides is 2. The van der Waals surface area contributed by atoms with Crippen LogP contribution in [0.3, 0.4) is 0 Å². The van der Waals surface area contributed by atoms with Crippen molar-refractivity contribution in [2.24, 2.45) is 0 Å². The predicted octanol–water partition coefficient (Wildman–Crippen LogP) is 3.89. The minimum absolute atomic E-state index is 0.0294. The van der Waals surface area contributed by atoms with Gasteiger partial charge in [0.1, 0.15) is 5.82 Å². The van der Waals surface area contributed by atoms with Crippen molar-refractivity contribution in [1.82, 2.24) is 5.32 Å². The van der Waals surface area contributed by atoms with Crippen molar-refractivity contribution >= 4 is 44.8 Å². The number of rotatable bonds is 6. The lowest BCUT2D eigenvalue weighted by molar-refractivity contribution is 0.0964. The molecule has 10 heteroatoms. The van der Waals surface area contributed by atoms with E-state index in [9.17, 15) is 22.4 Å². The van der Waals surface area contributed by atoms with Crippen LogP contribution in [-0.4, -0.2) is 27.3 Å². The fourth-order valence-corrected chi connectivity index (χ4v) is 3.97. The van der Waals surface area contributed by atoms with Gasteiger partial charge >= 0.3 is 0 Å². The van der Waals surface area contributed by atoms with E-state index in [0.717, 1.165) is 24.3 Å². The summed E-state index contributed by atoms with van der Waals surface area (Å²) in [5, 5.41) is 5.18. The number of nitrogens with one attached hydrogen (secondary N) is 3. The average molecular weight is 462 g/mol. The highest BCUT2D eigenvalue weighted by molar-refractivity contribution is 7.92. The van der Waals surface area contributed by atoms with E-state index in [-0.39, 0.29) is 38.3 Å². The van der Waals surface area contributed by atoms with Crippen molar-refractivity contribution in [3.63, 3.8) is 0 Å². The lowest BCUT2D eigenvalue weighted by Crippen LogP contribution is -2.21. The molecule has 0 fully saturated rings. The molecule has 3 N–H and O–H groups in total. The quantitative estimate of drug-likeness (QED) is 0.518. The van der Waals surface area contributed by atoms with Gasteiger partial charge in [0.15, 0.2) is 0 Å². The Hall–Kier alpha value is -3.43. The fourth-order valence-electron chi connectivity index (χ4n) is 2.68. The second-order valence-electron chi connectivity index (χ2n) is 6.33. The molecule has 3 aromatic rings. The Balaban J connectivity index is 1.87. The first-order chi connectivity index (χ1) is 14.7. The molecule has 7 nitrogen and oxygen atoms in total.